The van der Waals surface area contributed by atoms with Crippen LogP contribution in [0.1, 0.15) is 51.8 Å². The zero-order valence-electron chi connectivity index (χ0n) is 13.5. The lowest BCUT2D eigenvalue weighted by Crippen LogP contribution is -2.40. The van der Waals surface area contributed by atoms with Gasteiger partial charge in [-0.05, 0) is 65.2 Å². The molecule has 114 valence electrons. The summed E-state index contributed by atoms with van der Waals surface area (Å²) in [6.45, 7) is 10.1. The molecule has 1 aromatic rings. The number of aromatic nitrogens is 2. The third kappa shape index (κ3) is 3.83. The molecule has 0 amide bonds. The smallest absolute Gasteiger partial charge is 0.0764 e. The minimum atomic E-state index is 0.506. The molecular weight excluding hydrogens is 248 g/mol. The molecule has 20 heavy (non-hydrogen) atoms. The highest BCUT2D eigenvalue weighted by atomic mass is 15.3. The molecule has 0 spiro atoms. The summed E-state index contributed by atoms with van der Waals surface area (Å²) in [4.78, 5) is 2.54. The number of piperidine rings is 1. The SMILES string of the molecule is CCC(C)n1ccc(CN2CCC(C(C)NC)CC2)n1. The van der Waals surface area contributed by atoms with Gasteiger partial charge >= 0.3 is 0 Å². The maximum absolute atomic E-state index is 4.71. The Kier molecular flexibility index (Phi) is 5.61. The molecule has 2 rings (SSSR count). The molecule has 0 saturated carbocycles. The van der Waals surface area contributed by atoms with E-state index in [4.69, 9.17) is 5.10 Å². The maximum atomic E-state index is 4.71. The van der Waals surface area contributed by atoms with Crippen LogP contribution in [0.2, 0.25) is 0 Å². The number of nitrogens with zero attached hydrogens (tertiary/aromatic N) is 3. The van der Waals surface area contributed by atoms with Gasteiger partial charge in [-0.1, -0.05) is 6.92 Å². The van der Waals surface area contributed by atoms with Crippen LogP contribution in [0.4, 0.5) is 0 Å². The molecule has 0 aromatic carbocycles. The molecule has 1 aliphatic rings. The van der Waals surface area contributed by atoms with Gasteiger partial charge in [-0.25, -0.2) is 0 Å². The molecule has 2 atom stereocenters. The summed E-state index contributed by atoms with van der Waals surface area (Å²) >= 11 is 0. The fourth-order valence-electron chi connectivity index (χ4n) is 2.97. The van der Waals surface area contributed by atoms with E-state index in [-0.39, 0.29) is 0 Å². The number of rotatable bonds is 6. The van der Waals surface area contributed by atoms with Crippen LogP contribution in [0.15, 0.2) is 12.3 Å². The van der Waals surface area contributed by atoms with Gasteiger partial charge in [0.25, 0.3) is 0 Å². The molecule has 1 saturated heterocycles. The Balaban J connectivity index is 1.82. The maximum Gasteiger partial charge on any atom is 0.0764 e. The van der Waals surface area contributed by atoms with Crippen LogP contribution in [0.5, 0.6) is 0 Å². The molecular formula is C16H30N4. The summed E-state index contributed by atoms with van der Waals surface area (Å²) in [5.41, 5.74) is 1.21. The largest absolute Gasteiger partial charge is 0.317 e. The Bertz CT molecular complexity index is 393. The topological polar surface area (TPSA) is 33.1 Å². The van der Waals surface area contributed by atoms with Crippen LogP contribution >= 0.6 is 0 Å². The van der Waals surface area contributed by atoms with E-state index in [1.165, 1.54) is 31.6 Å². The first kappa shape index (κ1) is 15.5. The van der Waals surface area contributed by atoms with Gasteiger partial charge in [0.2, 0.25) is 0 Å². The molecule has 0 aliphatic carbocycles. The second-order valence-corrected chi connectivity index (χ2v) is 6.24. The van der Waals surface area contributed by atoms with E-state index in [2.05, 4.69) is 55.0 Å². The van der Waals surface area contributed by atoms with Crippen LogP contribution in [-0.2, 0) is 6.54 Å². The standard InChI is InChI=1S/C16H30N4/c1-5-13(2)20-11-8-16(18-20)12-19-9-6-15(7-10-19)14(3)17-4/h8,11,13-15,17H,5-7,9-10,12H2,1-4H3. The fraction of sp³-hybridized carbons (Fsp3) is 0.812. The fourth-order valence-corrected chi connectivity index (χ4v) is 2.97. The number of hydrogen-bond donors (Lipinski definition) is 1. The third-order valence-electron chi connectivity index (χ3n) is 4.89. The number of nitrogens with one attached hydrogen (secondary N) is 1. The summed E-state index contributed by atoms with van der Waals surface area (Å²) < 4.78 is 2.10. The van der Waals surface area contributed by atoms with Crippen LogP contribution < -0.4 is 5.32 Å². The molecule has 0 radical (unpaired) electrons. The van der Waals surface area contributed by atoms with Crippen molar-refractivity contribution in [3.05, 3.63) is 18.0 Å². The quantitative estimate of drug-likeness (QED) is 0.868. The number of hydrogen-bond acceptors (Lipinski definition) is 3. The summed E-state index contributed by atoms with van der Waals surface area (Å²) in [7, 11) is 2.07. The predicted octanol–water partition coefficient (Wildman–Crippen LogP) is 2.67. The minimum absolute atomic E-state index is 0.506. The van der Waals surface area contributed by atoms with Gasteiger partial charge in [-0.2, -0.15) is 5.10 Å². The zero-order chi connectivity index (χ0) is 14.5. The van der Waals surface area contributed by atoms with Gasteiger partial charge in [0.15, 0.2) is 0 Å². The molecule has 1 fully saturated rings. The lowest BCUT2D eigenvalue weighted by molar-refractivity contribution is 0.157. The van der Waals surface area contributed by atoms with Gasteiger partial charge in [0.05, 0.1) is 5.69 Å². The molecule has 1 aliphatic heterocycles. The minimum Gasteiger partial charge on any atom is -0.317 e. The van der Waals surface area contributed by atoms with E-state index in [1.807, 2.05) is 0 Å². The van der Waals surface area contributed by atoms with E-state index in [1.54, 1.807) is 0 Å². The van der Waals surface area contributed by atoms with Crippen LogP contribution in [-0.4, -0.2) is 40.9 Å². The molecule has 4 nitrogen and oxygen atoms in total. The molecule has 0 bridgehead atoms. The predicted molar refractivity (Wildman–Crippen MR) is 83.8 cm³/mol. The Morgan fingerprint density at radius 3 is 2.65 bits per heavy atom. The van der Waals surface area contributed by atoms with E-state index in [0.717, 1.165) is 18.9 Å². The first-order valence-corrected chi connectivity index (χ1v) is 8.07. The van der Waals surface area contributed by atoms with Crippen molar-refractivity contribution < 1.29 is 0 Å². The van der Waals surface area contributed by atoms with Crippen molar-refractivity contribution in [2.75, 3.05) is 20.1 Å². The monoisotopic (exact) mass is 278 g/mol. The highest BCUT2D eigenvalue weighted by Crippen LogP contribution is 2.21. The normalized spacial score (nSPS) is 21.0. The Morgan fingerprint density at radius 1 is 1.35 bits per heavy atom. The molecule has 1 aromatic heterocycles. The van der Waals surface area contributed by atoms with Crippen LogP contribution in [0.25, 0.3) is 0 Å². The van der Waals surface area contributed by atoms with Crippen molar-refractivity contribution in [3.63, 3.8) is 0 Å². The van der Waals surface area contributed by atoms with E-state index >= 15 is 0 Å². The zero-order valence-corrected chi connectivity index (χ0v) is 13.5. The summed E-state index contributed by atoms with van der Waals surface area (Å²) in [5.74, 6) is 0.828. The van der Waals surface area contributed by atoms with E-state index in [9.17, 15) is 0 Å². The third-order valence-corrected chi connectivity index (χ3v) is 4.89. The van der Waals surface area contributed by atoms with Gasteiger partial charge in [0.1, 0.15) is 0 Å². The van der Waals surface area contributed by atoms with Gasteiger partial charge in [-0.15, -0.1) is 0 Å². The van der Waals surface area contributed by atoms with Crippen LogP contribution in [0.3, 0.4) is 0 Å². The van der Waals surface area contributed by atoms with Crippen molar-refractivity contribution in [2.45, 2.75) is 58.7 Å². The number of likely N-dealkylation sites (tertiary alicyclic amines) is 1. The second kappa shape index (κ2) is 7.23. The summed E-state index contributed by atoms with van der Waals surface area (Å²) in [6.07, 6.45) is 5.86. The first-order valence-electron chi connectivity index (χ1n) is 8.07. The van der Waals surface area contributed by atoms with Gasteiger partial charge in [-0.3, -0.25) is 9.58 Å². The van der Waals surface area contributed by atoms with Crippen LogP contribution in [0, 0.1) is 5.92 Å². The Labute approximate surface area is 123 Å². The summed E-state index contributed by atoms with van der Waals surface area (Å²) in [5, 5.41) is 8.10. The summed E-state index contributed by atoms with van der Waals surface area (Å²) in [6, 6.07) is 3.32. The highest BCUT2D eigenvalue weighted by molar-refractivity contribution is 5.00. The van der Waals surface area contributed by atoms with Gasteiger partial charge in [0, 0.05) is 24.8 Å². The van der Waals surface area contributed by atoms with Crippen molar-refractivity contribution in [1.29, 1.82) is 0 Å². The lowest BCUT2D eigenvalue weighted by atomic mass is 9.90. The Hall–Kier alpha value is -0.870. The van der Waals surface area contributed by atoms with Gasteiger partial charge < -0.3 is 5.32 Å². The first-order chi connectivity index (χ1) is 9.63. The molecule has 1 N–H and O–H groups in total. The van der Waals surface area contributed by atoms with Crippen molar-refractivity contribution >= 4 is 0 Å². The molecule has 2 heterocycles. The van der Waals surface area contributed by atoms with E-state index in [0.29, 0.717) is 12.1 Å². The Morgan fingerprint density at radius 2 is 2.05 bits per heavy atom. The highest BCUT2D eigenvalue weighted by Gasteiger charge is 2.23. The van der Waals surface area contributed by atoms with Crippen molar-refractivity contribution in [3.8, 4) is 0 Å². The lowest BCUT2D eigenvalue weighted by Gasteiger charge is -2.34. The second-order valence-electron chi connectivity index (χ2n) is 6.24. The van der Waals surface area contributed by atoms with Crippen molar-refractivity contribution in [1.82, 2.24) is 20.0 Å². The van der Waals surface area contributed by atoms with Crippen molar-refractivity contribution in [2.24, 2.45) is 5.92 Å². The van der Waals surface area contributed by atoms with E-state index < -0.39 is 0 Å². The molecule has 4 heteroatoms. The molecule has 2 unspecified atom stereocenters. The average Bonchev–Trinajstić information content (AvgIpc) is 2.95. The average molecular weight is 278 g/mol.